The quantitative estimate of drug-likeness (QED) is 0.662. The first kappa shape index (κ1) is 15.0. The Balaban J connectivity index is 2.31. The number of hydrogen-bond acceptors (Lipinski definition) is 4. The second-order valence-corrected chi connectivity index (χ2v) is 4.13. The van der Waals surface area contributed by atoms with Gasteiger partial charge in [0.25, 0.3) is 0 Å². The predicted molar refractivity (Wildman–Crippen MR) is 71.5 cm³/mol. The Morgan fingerprint density at radius 3 is 2.42 bits per heavy atom. The Labute approximate surface area is 112 Å². The molecular weight excluding hydrogens is 246 g/mol. The highest BCUT2D eigenvalue weighted by Crippen LogP contribution is 2.10. The topological polar surface area (TPSA) is 93.5 Å². The monoisotopic (exact) mass is 265 g/mol. The summed E-state index contributed by atoms with van der Waals surface area (Å²) in [6, 6.07) is 6.74. The normalized spacial score (nSPS) is 11.5. The van der Waals surface area contributed by atoms with Crippen molar-refractivity contribution in [1.29, 1.82) is 0 Å². The zero-order valence-corrected chi connectivity index (χ0v) is 11.1. The van der Waals surface area contributed by atoms with Crippen LogP contribution in [0.4, 0.5) is 0 Å². The molecule has 104 valence electrons. The molecule has 2 amide bonds. The van der Waals surface area contributed by atoms with Gasteiger partial charge in [0.2, 0.25) is 11.8 Å². The van der Waals surface area contributed by atoms with E-state index in [-0.39, 0.29) is 18.4 Å². The number of methoxy groups -OCH3 is 1. The van der Waals surface area contributed by atoms with Crippen LogP contribution < -0.4 is 21.1 Å². The highest BCUT2D eigenvalue weighted by molar-refractivity contribution is 5.86. The van der Waals surface area contributed by atoms with E-state index >= 15 is 0 Å². The molecule has 0 bridgehead atoms. The van der Waals surface area contributed by atoms with E-state index in [0.29, 0.717) is 6.54 Å². The third kappa shape index (κ3) is 5.39. The SMILES string of the molecule is COc1ccc(CNC(=O)CNC(=O)[C@H](C)N)cc1. The van der Waals surface area contributed by atoms with Gasteiger partial charge in [0.15, 0.2) is 0 Å². The smallest absolute Gasteiger partial charge is 0.239 e. The minimum atomic E-state index is -0.616. The standard InChI is InChI=1S/C13H19N3O3/c1-9(14)13(18)16-8-12(17)15-7-10-3-5-11(19-2)6-4-10/h3-6,9H,7-8,14H2,1-2H3,(H,15,17)(H,16,18)/t9-/m0/s1. The molecule has 0 heterocycles. The number of rotatable bonds is 6. The van der Waals surface area contributed by atoms with E-state index in [1.54, 1.807) is 14.0 Å². The number of benzene rings is 1. The molecule has 4 N–H and O–H groups in total. The summed E-state index contributed by atoms with van der Waals surface area (Å²) in [5, 5.41) is 5.14. The van der Waals surface area contributed by atoms with Gasteiger partial charge < -0.3 is 21.1 Å². The van der Waals surface area contributed by atoms with Crippen LogP contribution in [-0.4, -0.2) is 31.5 Å². The van der Waals surface area contributed by atoms with E-state index in [9.17, 15) is 9.59 Å². The zero-order chi connectivity index (χ0) is 14.3. The molecule has 1 atom stereocenters. The summed E-state index contributed by atoms with van der Waals surface area (Å²) in [6.07, 6.45) is 0. The second-order valence-electron chi connectivity index (χ2n) is 4.13. The summed E-state index contributed by atoms with van der Waals surface area (Å²) in [7, 11) is 1.60. The van der Waals surface area contributed by atoms with Gasteiger partial charge >= 0.3 is 0 Å². The van der Waals surface area contributed by atoms with Crippen LogP contribution in [0.5, 0.6) is 5.75 Å². The lowest BCUT2D eigenvalue weighted by molar-refractivity contribution is -0.126. The molecule has 0 saturated carbocycles. The number of carbonyl (C=O) groups excluding carboxylic acids is 2. The van der Waals surface area contributed by atoms with Gasteiger partial charge in [0.05, 0.1) is 19.7 Å². The maximum absolute atomic E-state index is 11.5. The maximum Gasteiger partial charge on any atom is 0.239 e. The van der Waals surface area contributed by atoms with Crippen LogP contribution in [-0.2, 0) is 16.1 Å². The Morgan fingerprint density at radius 2 is 1.89 bits per heavy atom. The van der Waals surface area contributed by atoms with Crippen molar-refractivity contribution >= 4 is 11.8 Å². The third-order valence-electron chi connectivity index (χ3n) is 2.49. The van der Waals surface area contributed by atoms with Crippen molar-refractivity contribution in [2.24, 2.45) is 5.73 Å². The number of carbonyl (C=O) groups is 2. The molecule has 0 radical (unpaired) electrons. The molecule has 0 spiro atoms. The summed E-state index contributed by atoms with van der Waals surface area (Å²) < 4.78 is 5.04. The van der Waals surface area contributed by atoms with Crippen molar-refractivity contribution in [3.05, 3.63) is 29.8 Å². The van der Waals surface area contributed by atoms with Gasteiger partial charge in [-0.1, -0.05) is 12.1 Å². The molecule has 0 aliphatic rings. The van der Waals surface area contributed by atoms with Gasteiger partial charge in [0.1, 0.15) is 5.75 Å². The Bertz CT molecular complexity index is 429. The molecule has 0 unspecified atom stereocenters. The Morgan fingerprint density at radius 1 is 1.26 bits per heavy atom. The highest BCUT2D eigenvalue weighted by Gasteiger charge is 2.08. The van der Waals surface area contributed by atoms with E-state index in [2.05, 4.69) is 10.6 Å². The van der Waals surface area contributed by atoms with E-state index in [1.165, 1.54) is 0 Å². The fourth-order valence-electron chi connectivity index (χ4n) is 1.33. The third-order valence-corrected chi connectivity index (χ3v) is 2.49. The van der Waals surface area contributed by atoms with Crippen LogP contribution in [0.15, 0.2) is 24.3 Å². The summed E-state index contributed by atoms with van der Waals surface area (Å²) in [5.41, 5.74) is 6.31. The largest absolute Gasteiger partial charge is 0.497 e. The van der Waals surface area contributed by atoms with Crippen LogP contribution in [0, 0.1) is 0 Å². The van der Waals surface area contributed by atoms with Gasteiger partial charge in [-0.2, -0.15) is 0 Å². The average Bonchev–Trinajstić information content (AvgIpc) is 2.42. The van der Waals surface area contributed by atoms with Crippen LogP contribution in [0.1, 0.15) is 12.5 Å². The highest BCUT2D eigenvalue weighted by atomic mass is 16.5. The maximum atomic E-state index is 11.5. The first-order valence-corrected chi connectivity index (χ1v) is 5.96. The van der Waals surface area contributed by atoms with Crippen molar-refractivity contribution in [3.63, 3.8) is 0 Å². The van der Waals surface area contributed by atoms with Crippen molar-refractivity contribution in [1.82, 2.24) is 10.6 Å². The van der Waals surface area contributed by atoms with Gasteiger partial charge in [-0.25, -0.2) is 0 Å². The van der Waals surface area contributed by atoms with Crippen LogP contribution in [0.25, 0.3) is 0 Å². The van der Waals surface area contributed by atoms with E-state index < -0.39 is 6.04 Å². The summed E-state index contributed by atoms with van der Waals surface area (Å²) in [4.78, 5) is 22.6. The van der Waals surface area contributed by atoms with Gasteiger partial charge in [-0.3, -0.25) is 9.59 Å². The molecular formula is C13H19N3O3. The minimum Gasteiger partial charge on any atom is -0.497 e. The molecule has 19 heavy (non-hydrogen) atoms. The summed E-state index contributed by atoms with van der Waals surface area (Å²) in [5.74, 6) is 0.156. The van der Waals surface area contributed by atoms with Crippen molar-refractivity contribution in [3.8, 4) is 5.75 Å². The number of hydrogen-bond donors (Lipinski definition) is 3. The molecule has 0 aliphatic carbocycles. The number of nitrogens with two attached hydrogens (primary N) is 1. The van der Waals surface area contributed by atoms with E-state index in [1.807, 2.05) is 24.3 Å². The fourth-order valence-corrected chi connectivity index (χ4v) is 1.33. The second kappa shape index (κ2) is 7.38. The number of amides is 2. The molecule has 1 aromatic carbocycles. The first-order chi connectivity index (χ1) is 9.02. The van der Waals surface area contributed by atoms with E-state index in [0.717, 1.165) is 11.3 Å². The predicted octanol–water partition coefficient (Wildman–Crippen LogP) is -0.225. The van der Waals surface area contributed by atoms with E-state index in [4.69, 9.17) is 10.5 Å². The lowest BCUT2D eigenvalue weighted by atomic mass is 10.2. The molecule has 0 aromatic heterocycles. The van der Waals surface area contributed by atoms with Crippen LogP contribution in [0.3, 0.4) is 0 Å². The molecule has 0 fully saturated rings. The lowest BCUT2D eigenvalue weighted by Crippen LogP contribution is -2.43. The van der Waals surface area contributed by atoms with Crippen LogP contribution >= 0.6 is 0 Å². The van der Waals surface area contributed by atoms with Crippen molar-refractivity contribution in [2.45, 2.75) is 19.5 Å². The summed E-state index contributed by atoms with van der Waals surface area (Å²) in [6.45, 7) is 1.89. The summed E-state index contributed by atoms with van der Waals surface area (Å²) >= 11 is 0. The molecule has 6 heteroatoms. The minimum absolute atomic E-state index is 0.0729. The Kier molecular flexibility index (Phi) is 5.81. The van der Waals surface area contributed by atoms with Gasteiger partial charge in [-0.15, -0.1) is 0 Å². The molecule has 0 aliphatic heterocycles. The molecule has 0 saturated heterocycles. The zero-order valence-electron chi connectivity index (χ0n) is 11.1. The first-order valence-electron chi connectivity index (χ1n) is 5.96. The lowest BCUT2D eigenvalue weighted by Gasteiger charge is -2.09. The number of ether oxygens (including phenoxy) is 1. The number of nitrogens with one attached hydrogen (secondary N) is 2. The Hall–Kier alpha value is -2.08. The average molecular weight is 265 g/mol. The van der Waals surface area contributed by atoms with Crippen LogP contribution in [0.2, 0.25) is 0 Å². The molecule has 6 nitrogen and oxygen atoms in total. The molecule has 1 rings (SSSR count). The van der Waals surface area contributed by atoms with Crippen molar-refractivity contribution in [2.75, 3.05) is 13.7 Å². The molecule has 1 aromatic rings. The van der Waals surface area contributed by atoms with Crippen molar-refractivity contribution < 1.29 is 14.3 Å². The van der Waals surface area contributed by atoms with Gasteiger partial charge in [-0.05, 0) is 24.6 Å². The fraction of sp³-hybridized carbons (Fsp3) is 0.385. The van der Waals surface area contributed by atoms with Gasteiger partial charge in [0, 0.05) is 6.54 Å².